The monoisotopic (exact) mass is 373 g/mol. The number of carbonyl (C=O) groups is 2. The lowest BCUT2D eigenvalue weighted by atomic mass is 9.90. The molecule has 0 aliphatic carbocycles. The minimum absolute atomic E-state index is 0.252. The maximum Gasteiger partial charge on any atom is 0.264 e. The SMILES string of the molecule is CC(=O)C[C@]1(O)C(=O)N(CCOc2cccc(C)c2)c2ccc(Cl)cc21. The lowest BCUT2D eigenvalue weighted by Gasteiger charge is -2.22. The van der Waals surface area contributed by atoms with Crippen LogP contribution >= 0.6 is 11.6 Å². The van der Waals surface area contributed by atoms with Gasteiger partial charge in [-0.15, -0.1) is 0 Å². The molecule has 1 atom stereocenters. The molecule has 0 saturated carbocycles. The second-order valence-electron chi connectivity index (χ2n) is 6.52. The smallest absolute Gasteiger partial charge is 0.264 e. The highest BCUT2D eigenvalue weighted by Crippen LogP contribution is 2.43. The second-order valence-corrected chi connectivity index (χ2v) is 6.96. The van der Waals surface area contributed by atoms with E-state index in [1.807, 2.05) is 31.2 Å². The minimum Gasteiger partial charge on any atom is -0.492 e. The molecule has 3 rings (SSSR count). The Morgan fingerprint density at radius 1 is 1.27 bits per heavy atom. The van der Waals surface area contributed by atoms with Gasteiger partial charge in [0, 0.05) is 17.0 Å². The molecule has 2 aromatic carbocycles. The number of benzene rings is 2. The van der Waals surface area contributed by atoms with Gasteiger partial charge in [0.2, 0.25) is 0 Å². The van der Waals surface area contributed by atoms with Crippen LogP contribution < -0.4 is 9.64 Å². The van der Waals surface area contributed by atoms with Crippen LogP contribution in [0.4, 0.5) is 5.69 Å². The van der Waals surface area contributed by atoms with Crippen LogP contribution in [0.25, 0.3) is 0 Å². The van der Waals surface area contributed by atoms with E-state index in [0.717, 1.165) is 5.56 Å². The molecule has 1 amide bonds. The van der Waals surface area contributed by atoms with Crippen LogP contribution in [-0.2, 0) is 15.2 Å². The van der Waals surface area contributed by atoms with Crippen molar-refractivity contribution in [1.29, 1.82) is 0 Å². The van der Waals surface area contributed by atoms with Gasteiger partial charge in [-0.1, -0.05) is 23.7 Å². The molecule has 1 heterocycles. The summed E-state index contributed by atoms with van der Waals surface area (Å²) >= 11 is 6.03. The van der Waals surface area contributed by atoms with Crippen LogP contribution in [0, 0.1) is 6.92 Å². The van der Waals surface area contributed by atoms with Gasteiger partial charge in [0.25, 0.3) is 5.91 Å². The summed E-state index contributed by atoms with van der Waals surface area (Å²) in [5, 5.41) is 11.3. The Morgan fingerprint density at radius 3 is 2.73 bits per heavy atom. The van der Waals surface area contributed by atoms with Crippen LogP contribution in [0.3, 0.4) is 0 Å². The molecule has 1 aliphatic heterocycles. The van der Waals surface area contributed by atoms with E-state index in [1.165, 1.54) is 11.8 Å². The van der Waals surface area contributed by atoms with E-state index < -0.39 is 11.5 Å². The lowest BCUT2D eigenvalue weighted by molar-refractivity contribution is -0.141. The van der Waals surface area contributed by atoms with E-state index in [9.17, 15) is 14.7 Å². The summed E-state index contributed by atoms with van der Waals surface area (Å²) < 4.78 is 5.72. The zero-order valence-electron chi connectivity index (χ0n) is 14.7. The number of nitrogens with zero attached hydrogens (tertiary/aromatic N) is 1. The molecular weight excluding hydrogens is 354 g/mol. The van der Waals surface area contributed by atoms with Crippen LogP contribution in [0.15, 0.2) is 42.5 Å². The Labute approximate surface area is 157 Å². The first-order chi connectivity index (χ1) is 12.3. The van der Waals surface area contributed by atoms with Crippen molar-refractivity contribution in [2.45, 2.75) is 25.9 Å². The third-order valence-corrected chi connectivity index (χ3v) is 4.61. The van der Waals surface area contributed by atoms with Gasteiger partial charge in [0.05, 0.1) is 12.2 Å². The molecule has 0 unspecified atom stereocenters. The van der Waals surface area contributed by atoms with Crippen molar-refractivity contribution < 1.29 is 19.4 Å². The maximum absolute atomic E-state index is 12.9. The first kappa shape index (κ1) is 18.4. The second kappa shape index (κ2) is 7.09. The van der Waals surface area contributed by atoms with Crippen LogP contribution in [0.2, 0.25) is 5.02 Å². The van der Waals surface area contributed by atoms with E-state index in [0.29, 0.717) is 22.0 Å². The maximum atomic E-state index is 12.9. The van der Waals surface area contributed by atoms with E-state index in [1.54, 1.807) is 18.2 Å². The van der Waals surface area contributed by atoms with Crippen molar-refractivity contribution in [3.05, 3.63) is 58.6 Å². The summed E-state index contributed by atoms with van der Waals surface area (Å²) in [6, 6.07) is 12.5. The fourth-order valence-electron chi connectivity index (χ4n) is 3.24. The average molecular weight is 374 g/mol. The number of aliphatic hydroxyl groups is 1. The Morgan fingerprint density at radius 2 is 2.04 bits per heavy atom. The number of ether oxygens (including phenoxy) is 1. The number of carbonyl (C=O) groups excluding carboxylic acids is 2. The van der Waals surface area contributed by atoms with Crippen LogP contribution in [-0.4, -0.2) is 29.9 Å². The van der Waals surface area contributed by atoms with E-state index in [-0.39, 0.29) is 25.4 Å². The largest absolute Gasteiger partial charge is 0.492 e. The third kappa shape index (κ3) is 3.45. The van der Waals surface area contributed by atoms with Crippen molar-refractivity contribution in [2.75, 3.05) is 18.1 Å². The van der Waals surface area contributed by atoms with Crippen LogP contribution in [0.1, 0.15) is 24.5 Å². The minimum atomic E-state index is -1.88. The zero-order chi connectivity index (χ0) is 18.9. The zero-order valence-corrected chi connectivity index (χ0v) is 15.4. The Balaban J connectivity index is 1.82. The summed E-state index contributed by atoms with van der Waals surface area (Å²) in [6.45, 7) is 3.83. The number of halogens is 1. The molecule has 1 aliphatic rings. The molecule has 0 fully saturated rings. The van der Waals surface area contributed by atoms with Crippen molar-refractivity contribution in [2.24, 2.45) is 0 Å². The highest BCUT2D eigenvalue weighted by Gasteiger charge is 2.50. The van der Waals surface area contributed by atoms with Gasteiger partial charge < -0.3 is 14.7 Å². The van der Waals surface area contributed by atoms with Crippen molar-refractivity contribution >= 4 is 29.0 Å². The van der Waals surface area contributed by atoms with Gasteiger partial charge in [-0.2, -0.15) is 0 Å². The number of hydrogen-bond donors (Lipinski definition) is 1. The average Bonchev–Trinajstić information content (AvgIpc) is 2.76. The number of aryl methyl sites for hydroxylation is 1. The van der Waals surface area contributed by atoms with Gasteiger partial charge >= 0.3 is 0 Å². The first-order valence-corrected chi connectivity index (χ1v) is 8.72. The predicted molar refractivity (Wildman–Crippen MR) is 99.7 cm³/mol. The normalized spacial score (nSPS) is 18.8. The molecule has 26 heavy (non-hydrogen) atoms. The van der Waals surface area contributed by atoms with Gasteiger partial charge in [0.15, 0.2) is 5.60 Å². The molecule has 0 spiro atoms. The molecular formula is C20H20ClNO4. The molecule has 136 valence electrons. The molecule has 1 N–H and O–H groups in total. The summed E-state index contributed by atoms with van der Waals surface area (Å²) in [4.78, 5) is 25.9. The fraction of sp³-hybridized carbons (Fsp3) is 0.300. The fourth-order valence-corrected chi connectivity index (χ4v) is 3.41. The standard InChI is InChI=1S/C20H20ClNO4/c1-13-4-3-5-16(10-13)26-9-8-22-18-7-6-15(21)11-17(18)20(25,19(22)24)12-14(2)23/h3-7,10-11,25H,8-9,12H2,1-2H3/t20-/m1/s1. The van der Waals surface area contributed by atoms with E-state index in [2.05, 4.69) is 0 Å². The molecule has 0 bridgehead atoms. The molecule has 2 aromatic rings. The summed E-state index contributed by atoms with van der Waals surface area (Å²) in [5.74, 6) is -0.0885. The quantitative estimate of drug-likeness (QED) is 0.844. The van der Waals surface area contributed by atoms with Crippen molar-refractivity contribution in [3.63, 3.8) is 0 Å². The van der Waals surface area contributed by atoms with Crippen molar-refractivity contribution in [1.82, 2.24) is 0 Å². The number of Topliss-reactive ketones (excluding diaryl/α,β-unsaturated/α-hetero) is 1. The Hall–Kier alpha value is -2.37. The topological polar surface area (TPSA) is 66.8 Å². The number of hydrogen-bond acceptors (Lipinski definition) is 4. The Bertz CT molecular complexity index is 867. The van der Waals surface area contributed by atoms with Gasteiger partial charge in [0.1, 0.15) is 18.1 Å². The summed E-state index contributed by atoms with van der Waals surface area (Å²) in [7, 11) is 0. The highest BCUT2D eigenvalue weighted by molar-refractivity contribution is 6.31. The molecule has 6 heteroatoms. The lowest BCUT2D eigenvalue weighted by Crippen LogP contribution is -2.43. The van der Waals surface area contributed by atoms with E-state index in [4.69, 9.17) is 16.3 Å². The van der Waals surface area contributed by atoms with Crippen LogP contribution in [0.5, 0.6) is 5.75 Å². The number of rotatable bonds is 6. The molecule has 0 aromatic heterocycles. The van der Waals surface area contributed by atoms with Gasteiger partial charge in [-0.05, 0) is 49.7 Å². The predicted octanol–water partition coefficient (Wildman–Crippen LogP) is 3.24. The number of ketones is 1. The molecule has 5 nitrogen and oxygen atoms in total. The third-order valence-electron chi connectivity index (χ3n) is 4.37. The van der Waals surface area contributed by atoms with E-state index >= 15 is 0 Å². The number of amides is 1. The van der Waals surface area contributed by atoms with Gasteiger partial charge in [-0.3, -0.25) is 9.59 Å². The summed E-state index contributed by atoms with van der Waals surface area (Å²) in [6.07, 6.45) is -0.283. The Kier molecular flexibility index (Phi) is 5.03. The molecule has 0 radical (unpaired) electrons. The number of fused-ring (bicyclic) bond motifs is 1. The first-order valence-electron chi connectivity index (χ1n) is 8.34. The summed E-state index contributed by atoms with van der Waals surface area (Å²) in [5.41, 5.74) is 0.113. The number of anilines is 1. The highest BCUT2D eigenvalue weighted by atomic mass is 35.5. The van der Waals surface area contributed by atoms with Crippen molar-refractivity contribution in [3.8, 4) is 5.75 Å². The van der Waals surface area contributed by atoms with Gasteiger partial charge in [-0.25, -0.2) is 0 Å². The molecule has 0 saturated heterocycles.